The van der Waals surface area contributed by atoms with Crippen molar-refractivity contribution in [3.05, 3.63) is 75.6 Å². The average molecular weight is 294 g/mol. The number of benzene rings is 2. The summed E-state index contributed by atoms with van der Waals surface area (Å²) in [5.41, 5.74) is 1.42. The number of carbonyl (C=O) groups excluding carboxylic acids is 1. The second kappa shape index (κ2) is 5.48. The minimum atomic E-state index is -0.715. The first kappa shape index (κ1) is 14.1. The molecule has 3 rings (SSSR count). The van der Waals surface area contributed by atoms with Gasteiger partial charge in [-0.15, -0.1) is 0 Å². The van der Waals surface area contributed by atoms with Gasteiger partial charge >= 0.3 is 11.6 Å². The van der Waals surface area contributed by atoms with Gasteiger partial charge in [0.25, 0.3) is 0 Å². The lowest BCUT2D eigenvalue weighted by Gasteiger charge is -2.08. The van der Waals surface area contributed by atoms with Crippen LogP contribution in [0.15, 0.2) is 57.7 Å². The fraction of sp³-hybridized carbons (Fsp3) is 0.111. The summed E-state index contributed by atoms with van der Waals surface area (Å²) in [6.45, 7) is 3.74. The molecule has 22 heavy (non-hydrogen) atoms. The Morgan fingerprint density at radius 1 is 1.05 bits per heavy atom. The number of hydrogen-bond donors (Lipinski definition) is 0. The summed E-state index contributed by atoms with van der Waals surface area (Å²) in [6.07, 6.45) is 0. The van der Waals surface area contributed by atoms with Crippen LogP contribution in [0.25, 0.3) is 11.0 Å². The standard InChI is InChI=1S/C18H14O4/c1-11-7-8-12(2)16(9-11)22-18(20)14-10-13-5-3-4-6-15(13)21-17(14)19/h3-10H,1-2H3. The molecule has 0 saturated carbocycles. The zero-order chi connectivity index (χ0) is 15.7. The maximum atomic E-state index is 12.3. The summed E-state index contributed by atoms with van der Waals surface area (Å²) < 4.78 is 10.5. The smallest absolute Gasteiger partial charge is 0.351 e. The van der Waals surface area contributed by atoms with Gasteiger partial charge in [-0.25, -0.2) is 9.59 Å². The van der Waals surface area contributed by atoms with Crippen LogP contribution >= 0.6 is 0 Å². The monoisotopic (exact) mass is 294 g/mol. The van der Waals surface area contributed by atoms with Crippen molar-refractivity contribution in [3.8, 4) is 5.75 Å². The van der Waals surface area contributed by atoms with E-state index in [1.807, 2.05) is 32.0 Å². The van der Waals surface area contributed by atoms with Crippen molar-refractivity contribution in [2.75, 3.05) is 0 Å². The van der Waals surface area contributed by atoms with Crippen molar-refractivity contribution in [1.82, 2.24) is 0 Å². The van der Waals surface area contributed by atoms with Gasteiger partial charge in [0.2, 0.25) is 0 Å². The maximum Gasteiger partial charge on any atom is 0.351 e. The summed E-state index contributed by atoms with van der Waals surface area (Å²) >= 11 is 0. The second-order valence-electron chi connectivity index (χ2n) is 5.14. The number of rotatable bonds is 2. The summed E-state index contributed by atoms with van der Waals surface area (Å²) in [4.78, 5) is 24.2. The molecule has 1 heterocycles. The SMILES string of the molecule is Cc1ccc(C)c(OC(=O)c2cc3ccccc3oc2=O)c1. The van der Waals surface area contributed by atoms with E-state index in [1.54, 1.807) is 24.3 Å². The third-order valence-electron chi connectivity index (χ3n) is 3.41. The quantitative estimate of drug-likeness (QED) is 0.411. The van der Waals surface area contributed by atoms with Crippen LogP contribution in [0.1, 0.15) is 21.5 Å². The van der Waals surface area contributed by atoms with Gasteiger partial charge in [-0.05, 0) is 43.2 Å². The Morgan fingerprint density at radius 3 is 2.64 bits per heavy atom. The molecule has 4 nitrogen and oxygen atoms in total. The molecule has 2 aromatic carbocycles. The van der Waals surface area contributed by atoms with Crippen molar-refractivity contribution in [3.63, 3.8) is 0 Å². The Morgan fingerprint density at radius 2 is 1.82 bits per heavy atom. The molecule has 3 aromatic rings. The molecule has 0 amide bonds. The van der Waals surface area contributed by atoms with Crippen molar-refractivity contribution in [1.29, 1.82) is 0 Å². The van der Waals surface area contributed by atoms with Gasteiger partial charge in [-0.2, -0.15) is 0 Å². The van der Waals surface area contributed by atoms with E-state index in [0.717, 1.165) is 11.1 Å². The van der Waals surface area contributed by atoms with Gasteiger partial charge in [0.15, 0.2) is 0 Å². The molecule has 0 spiro atoms. The van der Waals surface area contributed by atoms with Crippen LogP contribution in [0, 0.1) is 13.8 Å². The molecule has 0 saturated heterocycles. The van der Waals surface area contributed by atoms with Crippen molar-refractivity contribution in [2.24, 2.45) is 0 Å². The van der Waals surface area contributed by atoms with E-state index in [4.69, 9.17) is 9.15 Å². The van der Waals surface area contributed by atoms with E-state index < -0.39 is 11.6 Å². The zero-order valence-corrected chi connectivity index (χ0v) is 12.3. The molecule has 0 aliphatic heterocycles. The average Bonchev–Trinajstić information content (AvgIpc) is 2.50. The lowest BCUT2D eigenvalue weighted by Crippen LogP contribution is -2.19. The fourth-order valence-electron chi connectivity index (χ4n) is 2.18. The molecule has 4 heteroatoms. The summed E-state index contributed by atoms with van der Waals surface area (Å²) in [5, 5.41) is 0.676. The lowest BCUT2D eigenvalue weighted by molar-refractivity contribution is 0.0729. The highest BCUT2D eigenvalue weighted by Gasteiger charge is 2.17. The summed E-state index contributed by atoms with van der Waals surface area (Å²) in [7, 11) is 0. The minimum Gasteiger partial charge on any atom is -0.422 e. The molecule has 110 valence electrons. The van der Waals surface area contributed by atoms with Gasteiger partial charge in [0.1, 0.15) is 16.9 Å². The van der Waals surface area contributed by atoms with Gasteiger partial charge in [-0.3, -0.25) is 0 Å². The largest absolute Gasteiger partial charge is 0.422 e. The second-order valence-corrected chi connectivity index (χ2v) is 5.14. The topological polar surface area (TPSA) is 56.5 Å². The van der Waals surface area contributed by atoms with E-state index in [0.29, 0.717) is 16.7 Å². The Bertz CT molecular complexity index is 922. The Kier molecular flexibility index (Phi) is 3.51. The van der Waals surface area contributed by atoms with Crippen molar-refractivity contribution >= 4 is 16.9 Å². The van der Waals surface area contributed by atoms with Crippen LogP contribution in [0.3, 0.4) is 0 Å². The Balaban J connectivity index is 2.00. The predicted molar refractivity (Wildman–Crippen MR) is 83.4 cm³/mol. The number of para-hydroxylation sites is 1. The molecular formula is C18H14O4. The van der Waals surface area contributed by atoms with E-state index in [2.05, 4.69) is 0 Å². The third-order valence-corrected chi connectivity index (χ3v) is 3.41. The molecule has 0 radical (unpaired) electrons. The van der Waals surface area contributed by atoms with Crippen LogP contribution in [-0.4, -0.2) is 5.97 Å². The molecule has 0 bridgehead atoms. The number of aryl methyl sites for hydroxylation is 2. The number of ether oxygens (including phenoxy) is 1. The first-order valence-corrected chi connectivity index (χ1v) is 6.87. The molecule has 0 atom stereocenters. The van der Waals surface area contributed by atoms with Crippen LogP contribution in [0.5, 0.6) is 5.75 Å². The van der Waals surface area contributed by atoms with Crippen molar-refractivity contribution < 1.29 is 13.9 Å². The summed E-state index contributed by atoms with van der Waals surface area (Å²) in [5.74, 6) is -0.272. The van der Waals surface area contributed by atoms with E-state index in [1.165, 1.54) is 6.07 Å². The molecule has 1 aromatic heterocycles. The van der Waals surface area contributed by atoms with Crippen LogP contribution in [0.4, 0.5) is 0 Å². The first-order chi connectivity index (χ1) is 10.5. The molecule has 0 aliphatic carbocycles. The molecule has 0 unspecified atom stereocenters. The number of esters is 1. The van der Waals surface area contributed by atoms with Gasteiger partial charge in [0, 0.05) is 5.39 Å². The van der Waals surface area contributed by atoms with Gasteiger partial charge < -0.3 is 9.15 Å². The molecule has 0 aliphatic rings. The minimum absolute atomic E-state index is 0.111. The summed E-state index contributed by atoms with van der Waals surface area (Å²) in [6, 6.07) is 14.1. The van der Waals surface area contributed by atoms with Crippen LogP contribution < -0.4 is 10.4 Å². The first-order valence-electron chi connectivity index (χ1n) is 6.87. The maximum absolute atomic E-state index is 12.3. The van der Waals surface area contributed by atoms with E-state index >= 15 is 0 Å². The Labute approximate surface area is 127 Å². The van der Waals surface area contributed by atoms with Crippen LogP contribution in [-0.2, 0) is 0 Å². The number of fused-ring (bicyclic) bond motifs is 1. The van der Waals surface area contributed by atoms with E-state index in [-0.39, 0.29) is 5.56 Å². The number of carbonyl (C=O) groups is 1. The molecule has 0 fully saturated rings. The highest BCUT2D eigenvalue weighted by atomic mass is 16.5. The van der Waals surface area contributed by atoms with Gasteiger partial charge in [0.05, 0.1) is 0 Å². The number of hydrogen-bond acceptors (Lipinski definition) is 4. The normalized spacial score (nSPS) is 10.6. The highest BCUT2D eigenvalue weighted by Crippen LogP contribution is 2.21. The van der Waals surface area contributed by atoms with Gasteiger partial charge in [-0.1, -0.05) is 30.3 Å². The highest BCUT2D eigenvalue weighted by molar-refractivity contribution is 5.94. The van der Waals surface area contributed by atoms with E-state index in [9.17, 15) is 9.59 Å². The molecule has 0 N–H and O–H groups in total. The fourth-order valence-corrected chi connectivity index (χ4v) is 2.18. The predicted octanol–water partition coefficient (Wildman–Crippen LogP) is 3.63. The van der Waals surface area contributed by atoms with Crippen molar-refractivity contribution in [2.45, 2.75) is 13.8 Å². The zero-order valence-electron chi connectivity index (χ0n) is 12.3. The third kappa shape index (κ3) is 2.63. The lowest BCUT2D eigenvalue weighted by atomic mass is 10.1. The molecular weight excluding hydrogens is 280 g/mol. The van der Waals surface area contributed by atoms with Crippen LogP contribution in [0.2, 0.25) is 0 Å². The Hall–Kier alpha value is -2.88.